The van der Waals surface area contributed by atoms with Crippen LogP contribution in [0.15, 0.2) is 152 Å². The van der Waals surface area contributed by atoms with Crippen molar-refractivity contribution in [1.82, 2.24) is 0 Å². The smallest absolute Gasteiger partial charge is 0.252 e. The van der Waals surface area contributed by atoms with Crippen LogP contribution < -0.4 is 26.2 Å². The van der Waals surface area contributed by atoms with E-state index in [0.717, 1.165) is 0 Å². The Morgan fingerprint density at radius 3 is 1.58 bits per heavy atom. The molecule has 3 heteroatoms. The summed E-state index contributed by atoms with van der Waals surface area (Å²) >= 11 is 0. The summed E-state index contributed by atoms with van der Waals surface area (Å²) in [5, 5.41) is 0. The molecule has 2 spiro atoms. The van der Waals surface area contributed by atoms with Crippen molar-refractivity contribution in [3.8, 4) is 22.3 Å². The molecule has 4 aliphatic carbocycles. The third-order valence-corrected chi connectivity index (χ3v) is 14.7. The second kappa shape index (κ2) is 10.9. The van der Waals surface area contributed by atoms with Crippen molar-refractivity contribution in [2.45, 2.75) is 62.2 Å². The van der Waals surface area contributed by atoms with Gasteiger partial charge in [-0.15, -0.1) is 0 Å². The molecule has 7 aromatic rings. The zero-order valence-corrected chi connectivity index (χ0v) is 31.1. The second-order valence-electron chi connectivity index (χ2n) is 17.0. The van der Waals surface area contributed by atoms with Gasteiger partial charge in [-0.05, 0) is 112 Å². The van der Waals surface area contributed by atoms with Gasteiger partial charge in [0.1, 0.15) is 0 Å². The summed E-state index contributed by atoms with van der Waals surface area (Å²) in [5.41, 5.74) is 24.1. The third-order valence-electron chi connectivity index (χ3n) is 14.7. The van der Waals surface area contributed by atoms with Crippen LogP contribution in [0.25, 0.3) is 22.3 Å². The van der Waals surface area contributed by atoms with Crippen molar-refractivity contribution in [3.63, 3.8) is 0 Å². The average molecular weight is 705 g/mol. The van der Waals surface area contributed by atoms with Crippen LogP contribution in [0.3, 0.4) is 0 Å². The minimum Gasteiger partial charge on any atom is -0.311 e. The van der Waals surface area contributed by atoms with Gasteiger partial charge in [0.05, 0.1) is 11.4 Å². The lowest BCUT2D eigenvalue weighted by atomic mass is 9.33. The van der Waals surface area contributed by atoms with Gasteiger partial charge < -0.3 is 9.80 Å². The Bertz CT molecular complexity index is 2750. The molecule has 2 fully saturated rings. The van der Waals surface area contributed by atoms with E-state index in [-0.39, 0.29) is 17.5 Å². The topological polar surface area (TPSA) is 6.48 Å². The van der Waals surface area contributed by atoms with Gasteiger partial charge in [0, 0.05) is 44.7 Å². The maximum absolute atomic E-state index is 2.72. The molecule has 2 saturated carbocycles. The Morgan fingerprint density at radius 2 is 0.909 bits per heavy atom. The summed E-state index contributed by atoms with van der Waals surface area (Å²) in [6.07, 6.45) is 10.00. The Hall–Kier alpha value is -5.80. The highest BCUT2D eigenvalue weighted by molar-refractivity contribution is 7.00. The first-order valence-corrected chi connectivity index (χ1v) is 20.7. The molecule has 0 radical (unpaired) electrons. The maximum Gasteiger partial charge on any atom is 0.252 e. The first-order valence-electron chi connectivity index (χ1n) is 20.7. The van der Waals surface area contributed by atoms with Crippen LogP contribution >= 0.6 is 0 Å². The summed E-state index contributed by atoms with van der Waals surface area (Å²) in [5.74, 6) is 0. The largest absolute Gasteiger partial charge is 0.311 e. The summed E-state index contributed by atoms with van der Waals surface area (Å²) in [6, 6.07) is 58.6. The van der Waals surface area contributed by atoms with Crippen LogP contribution in [-0.2, 0) is 10.8 Å². The Kier molecular flexibility index (Phi) is 6.06. The van der Waals surface area contributed by atoms with Crippen LogP contribution in [0.5, 0.6) is 0 Å². The molecule has 7 aromatic carbocycles. The molecule has 0 saturated heterocycles. The van der Waals surface area contributed by atoms with Gasteiger partial charge >= 0.3 is 0 Å². The van der Waals surface area contributed by atoms with Crippen LogP contribution in [0.2, 0.25) is 0 Å². The van der Waals surface area contributed by atoms with Crippen LogP contribution in [0, 0.1) is 0 Å². The lowest BCUT2D eigenvalue weighted by molar-refractivity contribution is 0.550. The first kappa shape index (κ1) is 30.5. The standard InChI is InChI=1S/C52H41BN2/c1-2-17-34(18-3-1)54-43-26-10-8-24-41(43)53-42-25-9-11-27-44(42)55(45-28-16-23-39-47(45)35-19-4-6-21-37(35)51(39)29-12-13-30-51)46-33-40-48(50(54)49(46)53)36-20-5-7-22-38(36)52(40)31-14-15-32-52/h1-11,16-28,33H,12-15,29-32H2. The highest BCUT2D eigenvalue weighted by atomic mass is 15.2. The number of rotatable bonds is 2. The van der Waals surface area contributed by atoms with E-state index in [9.17, 15) is 0 Å². The van der Waals surface area contributed by atoms with Crippen LogP contribution in [-0.4, -0.2) is 6.71 Å². The molecule has 2 aliphatic heterocycles. The predicted molar refractivity (Wildman–Crippen MR) is 230 cm³/mol. The fourth-order valence-electron chi connectivity index (χ4n) is 12.7. The van der Waals surface area contributed by atoms with E-state index in [1.54, 1.807) is 5.56 Å². The zero-order chi connectivity index (χ0) is 35.9. The van der Waals surface area contributed by atoms with Crippen molar-refractivity contribution in [3.05, 3.63) is 174 Å². The summed E-state index contributed by atoms with van der Waals surface area (Å²) in [6.45, 7) is 0.108. The molecule has 6 aliphatic rings. The molecule has 0 bridgehead atoms. The summed E-state index contributed by atoms with van der Waals surface area (Å²) in [4.78, 5) is 5.36. The molecular weight excluding hydrogens is 663 g/mol. The van der Waals surface area contributed by atoms with Gasteiger partial charge in [0.25, 0.3) is 6.71 Å². The van der Waals surface area contributed by atoms with Crippen LogP contribution in [0.1, 0.15) is 73.6 Å². The number of anilines is 6. The molecule has 0 unspecified atom stereocenters. The minimum atomic E-state index is 0.0219. The molecule has 2 heterocycles. The van der Waals surface area contributed by atoms with Gasteiger partial charge in [0.15, 0.2) is 0 Å². The number of nitrogens with zero attached hydrogens (tertiary/aromatic N) is 2. The van der Waals surface area contributed by atoms with Crippen molar-refractivity contribution >= 4 is 57.2 Å². The van der Waals surface area contributed by atoms with Crippen LogP contribution in [0.4, 0.5) is 34.1 Å². The maximum atomic E-state index is 2.72. The van der Waals surface area contributed by atoms with E-state index in [0.29, 0.717) is 0 Å². The molecule has 55 heavy (non-hydrogen) atoms. The fourth-order valence-corrected chi connectivity index (χ4v) is 12.7. The Balaban J connectivity index is 1.20. The van der Waals surface area contributed by atoms with Gasteiger partial charge in [-0.2, -0.15) is 0 Å². The third kappa shape index (κ3) is 3.73. The second-order valence-corrected chi connectivity index (χ2v) is 17.0. The van der Waals surface area contributed by atoms with Gasteiger partial charge in [-0.3, -0.25) is 0 Å². The van der Waals surface area contributed by atoms with Gasteiger partial charge in [0.2, 0.25) is 0 Å². The molecule has 13 rings (SSSR count). The highest BCUT2D eigenvalue weighted by Crippen LogP contribution is 2.64. The quantitative estimate of drug-likeness (QED) is 0.165. The zero-order valence-electron chi connectivity index (χ0n) is 31.1. The number of benzene rings is 7. The Labute approximate surface area is 324 Å². The minimum absolute atomic E-state index is 0.0219. The van der Waals surface area contributed by atoms with E-state index in [1.165, 1.54) is 141 Å². The van der Waals surface area contributed by atoms with E-state index < -0.39 is 0 Å². The van der Waals surface area contributed by atoms with E-state index in [4.69, 9.17) is 0 Å². The van der Waals surface area contributed by atoms with Crippen molar-refractivity contribution in [2.24, 2.45) is 0 Å². The lowest BCUT2D eigenvalue weighted by Crippen LogP contribution is -2.61. The molecule has 0 amide bonds. The van der Waals surface area contributed by atoms with E-state index >= 15 is 0 Å². The number of hydrogen-bond acceptors (Lipinski definition) is 2. The molecule has 0 aromatic heterocycles. The van der Waals surface area contributed by atoms with Crippen molar-refractivity contribution in [1.29, 1.82) is 0 Å². The summed E-state index contributed by atoms with van der Waals surface area (Å²) in [7, 11) is 0. The first-order chi connectivity index (χ1) is 27.3. The SMILES string of the molecule is c1ccc(N2c3ccccc3B3c4ccccc4N(c4cccc5c4-c4ccccc4C54CCCC4)c4cc5c(c2c43)-c2ccccc2C52CCCC2)cc1. The van der Waals surface area contributed by atoms with E-state index in [2.05, 4.69) is 161 Å². The molecule has 0 N–H and O–H groups in total. The average Bonchev–Trinajstić information content (AvgIpc) is 4.05. The predicted octanol–water partition coefficient (Wildman–Crippen LogP) is 11.5. The number of hydrogen-bond donors (Lipinski definition) is 0. The molecule has 262 valence electrons. The van der Waals surface area contributed by atoms with Gasteiger partial charge in [-0.1, -0.05) is 141 Å². The number of para-hydroxylation sites is 3. The fraction of sp³-hybridized carbons (Fsp3) is 0.192. The molecule has 2 nitrogen and oxygen atoms in total. The normalized spacial score (nSPS) is 18.1. The summed E-state index contributed by atoms with van der Waals surface area (Å²) < 4.78 is 0. The van der Waals surface area contributed by atoms with E-state index in [1.807, 2.05) is 0 Å². The van der Waals surface area contributed by atoms with Crippen molar-refractivity contribution < 1.29 is 0 Å². The lowest BCUT2D eigenvalue weighted by Gasteiger charge is -2.46. The number of fused-ring (bicyclic) bond motifs is 15. The monoisotopic (exact) mass is 704 g/mol. The molecule has 0 atom stereocenters. The van der Waals surface area contributed by atoms with Crippen molar-refractivity contribution in [2.75, 3.05) is 9.80 Å². The highest BCUT2D eigenvalue weighted by Gasteiger charge is 2.52. The van der Waals surface area contributed by atoms with Gasteiger partial charge in [-0.25, -0.2) is 0 Å². The Morgan fingerprint density at radius 1 is 0.400 bits per heavy atom. The molecular formula is C52H41BN2.